The Morgan fingerprint density at radius 2 is 2.00 bits per heavy atom. The van der Waals surface area contributed by atoms with Crippen LogP contribution in [0.5, 0.6) is 5.75 Å². The molecule has 1 aliphatic heterocycles. The van der Waals surface area contributed by atoms with Crippen LogP contribution in [-0.4, -0.2) is 39.3 Å². The summed E-state index contributed by atoms with van der Waals surface area (Å²) in [4.78, 5) is 12.8. The zero-order chi connectivity index (χ0) is 21.0. The Balaban J connectivity index is 1.68. The van der Waals surface area contributed by atoms with E-state index < -0.39 is 16.1 Å². The highest BCUT2D eigenvalue weighted by atomic mass is 35.5. The number of hydrogen-bond donors (Lipinski definition) is 1. The zero-order valence-electron chi connectivity index (χ0n) is 16.5. The Kier molecular flexibility index (Phi) is 6.70. The van der Waals surface area contributed by atoms with Gasteiger partial charge in [-0.3, -0.25) is 9.10 Å². The van der Waals surface area contributed by atoms with E-state index in [-0.39, 0.29) is 24.9 Å². The minimum atomic E-state index is -3.53. The third-order valence-corrected chi connectivity index (χ3v) is 6.26. The second-order valence-electron chi connectivity index (χ2n) is 7.28. The summed E-state index contributed by atoms with van der Waals surface area (Å²) in [7, 11) is -3.53. The van der Waals surface area contributed by atoms with Crippen LogP contribution in [0.1, 0.15) is 25.3 Å². The monoisotopic (exact) mass is 436 g/mol. The van der Waals surface area contributed by atoms with E-state index in [0.717, 1.165) is 19.1 Å². The molecule has 8 heteroatoms. The summed E-state index contributed by atoms with van der Waals surface area (Å²) in [6.45, 7) is 2.09. The second-order valence-corrected chi connectivity index (χ2v) is 9.62. The quantitative estimate of drug-likeness (QED) is 0.753. The molecule has 2 aromatic carbocycles. The largest absolute Gasteiger partial charge is 0.478 e. The lowest BCUT2D eigenvalue weighted by Gasteiger charge is -2.21. The van der Waals surface area contributed by atoms with Crippen LogP contribution in [-0.2, 0) is 21.2 Å². The summed E-state index contributed by atoms with van der Waals surface area (Å²) in [5.74, 6) is 0.0798. The fourth-order valence-electron chi connectivity index (χ4n) is 3.32. The standard InChI is InChI=1S/C21H25ClN2O4S/c1-15(8-9-16-6-4-3-5-7-16)23-21(25)20-12-13-24(29(2,26)27)18-14-17(22)10-11-19(18)28-20/h3-7,10-11,14-15,20H,8-9,12-13H2,1-2H3,(H,23,25). The average molecular weight is 437 g/mol. The molecule has 29 heavy (non-hydrogen) atoms. The molecule has 2 atom stereocenters. The van der Waals surface area contributed by atoms with Gasteiger partial charge in [-0.05, 0) is 43.5 Å². The minimum absolute atomic E-state index is 0.0368. The summed E-state index contributed by atoms with van der Waals surface area (Å²) in [5.41, 5.74) is 1.57. The van der Waals surface area contributed by atoms with Crippen molar-refractivity contribution in [3.05, 3.63) is 59.1 Å². The van der Waals surface area contributed by atoms with Crippen LogP contribution in [0.3, 0.4) is 0 Å². The molecule has 2 unspecified atom stereocenters. The topological polar surface area (TPSA) is 75.7 Å². The summed E-state index contributed by atoms with van der Waals surface area (Å²) < 4.78 is 31.6. The Morgan fingerprint density at radius 3 is 2.69 bits per heavy atom. The van der Waals surface area contributed by atoms with Gasteiger partial charge in [0, 0.05) is 24.0 Å². The van der Waals surface area contributed by atoms with E-state index in [0.29, 0.717) is 16.5 Å². The third kappa shape index (κ3) is 5.64. The molecule has 3 rings (SSSR count). The number of benzene rings is 2. The fraction of sp³-hybridized carbons (Fsp3) is 0.381. The van der Waals surface area contributed by atoms with Crippen molar-refractivity contribution < 1.29 is 17.9 Å². The van der Waals surface area contributed by atoms with Crippen molar-refractivity contribution in [2.24, 2.45) is 0 Å². The molecule has 1 aliphatic rings. The Hall–Kier alpha value is -2.25. The number of rotatable bonds is 6. The van der Waals surface area contributed by atoms with E-state index in [9.17, 15) is 13.2 Å². The number of carbonyl (C=O) groups excluding carboxylic acids is 1. The van der Waals surface area contributed by atoms with Crippen LogP contribution >= 0.6 is 11.6 Å². The lowest BCUT2D eigenvalue weighted by Crippen LogP contribution is -2.43. The van der Waals surface area contributed by atoms with Crippen LogP contribution in [0, 0.1) is 0 Å². The maximum atomic E-state index is 12.8. The average Bonchev–Trinajstić information content (AvgIpc) is 2.86. The van der Waals surface area contributed by atoms with Gasteiger partial charge in [0.25, 0.3) is 5.91 Å². The van der Waals surface area contributed by atoms with E-state index in [1.54, 1.807) is 18.2 Å². The van der Waals surface area contributed by atoms with Gasteiger partial charge in [-0.15, -0.1) is 0 Å². The number of nitrogens with one attached hydrogen (secondary N) is 1. The van der Waals surface area contributed by atoms with Gasteiger partial charge in [-0.2, -0.15) is 0 Å². The molecule has 1 N–H and O–H groups in total. The number of amides is 1. The Labute approximate surface area is 176 Å². The van der Waals surface area contributed by atoms with Crippen molar-refractivity contribution in [1.82, 2.24) is 5.32 Å². The number of aryl methyl sites for hydroxylation is 1. The summed E-state index contributed by atoms with van der Waals surface area (Å²) in [6.07, 6.45) is 2.25. The van der Waals surface area contributed by atoms with E-state index in [2.05, 4.69) is 17.4 Å². The summed E-state index contributed by atoms with van der Waals surface area (Å²) in [6, 6.07) is 14.8. The molecule has 0 saturated carbocycles. The van der Waals surface area contributed by atoms with E-state index in [1.807, 2.05) is 25.1 Å². The third-order valence-electron chi connectivity index (χ3n) is 4.84. The molecular weight excluding hydrogens is 412 g/mol. The molecule has 0 spiro atoms. The SMILES string of the molecule is CC(CCc1ccccc1)NC(=O)C1CCN(S(C)(=O)=O)c2cc(Cl)ccc2O1. The number of fused-ring (bicyclic) bond motifs is 1. The highest BCUT2D eigenvalue weighted by Gasteiger charge is 2.31. The van der Waals surface area contributed by atoms with Gasteiger partial charge in [0.15, 0.2) is 6.10 Å². The van der Waals surface area contributed by atoms with Gasteiger partial charge in [0.05, 0.1) is 11.9 Å². The van der Waals surface area contributed by atoms with Crippen molar-refractivity contribution in [1.29, 1.82) is 0 Å². The van der Waals surface area contributed by atoms with Crippen LogP contribution in [0.25, 0.3) is 0 Å². The van der Waals surface area contributed by atoms with E-state index in [4.69, 9.17) is 16.3 Å². The Bertz CT molecular complexity index is 966. The van der Waals surface area contributed by atoms with E-state index in [1.165, 1.54) is 9.87 Å². The molecular formula is C21H25ClN2O4S. The van der Waals surface area contributed by atoms with Gasteiger partial charge >= 0.3 is 0 Å². The lowest BCUT2D eigenvalue weighted by molar-refractivity contribution is -0.128. The normalized spacial score (nSPS) is 17.6. The number of halogens is 1. The number of ether oxygens (including phenoxy) is 1. The first-order valence-electron chi connectivity index (χ1n) is 9.52. The maximum Gasteiger partial charge on any atom is 0.261 e. The molecule has 0 aromatic heterocycles. The number of sulfonamides is 1. The van der Waals surface area contributed by atoms with Crippen molar-refractivity contribution in [2.45, 2.75) is 38.3 Å². The zero-order valence-corrected chi connectivity index (χ0v) is 18.0. The maximum absolute atomic E-state index is 12.8. The molecule has 1 heterocycles. The highest BCUT2D eigenvalue weighted by Crippen LogP contribution is 2.36. The van der Waals surface area contributed by atoms with Crippen molar-refractivity contribution >= 4 is 33.2 Å². The number of hydrogen-bond acceptors (Lipinski definition) is 4. The first-order chi connectivity index (χ1) is 13.7. The van der Waals surface area contributed by atoms with Crippen molar-refractivity contribution in [3.8, 4) is 5.75 Å². The molecule has 1 amide bonds. The fourth-order valence-corrected chi connectivity index (χ4v) is 4.42. The molecule has 0 aliphatic carbocycles. The van der Waals surface area contributed by atoms with Gasteiger partial charge in [0.1, 0.15) is 5.75 Å². The van der Waals surface area contributed by atoms with Crippen LogP contribution < -0.4 is 14.4 Å². The second kappa shape index (κ2) is 9.05. The Morgan fingerprint density at radius 1 is 1.28 bits per heavy atom. The minimum Gasteiger partial charge on any atom is -0.478 e. The first kappa shape index (κ1) is 21.5. The number of nitrogens with zero attached hydrogens (tertiary/aromatic N) is 1. The van der Waals surface area contributed by atoms with Gasteiger partial charge in [0.2, 0.25) is 10.0 Å². The van der Waals surface area contributed by atoms with Crippen LogP contribution in [0.4, 0.5) is 5.69 Å². The molecule has 0 saturated heterocycles. The molecule has 0 bridgehead atoms. The van der Waals surface area contributed by atoms with E-state index >= 15 is 0 Å². The lowest BCUT2D eigenvalue weighted by atomic mass is 10.1. The molecule has 0 radical (unpaired) electrons. The van der Waals surface area contributed by atoms with Crippen molar-refractivity contribution in [2.75, 3.05) is 17.1 Å². The summed E-state index contributed by atoms with van der Waals surface area (Å²) in [5, 5.41) is 3.39. The van der Waals surface area contributed by atoms with Crippen molar-refractivity contribution in [3.63, 3.8) is 0 Å². The van der Waals surface area contributed by atoms with Crippen LogP contribution in [0.2, 0.25) is 5.02 Å². The number of anilines is 1. The van der Waals surface area contributed by atoms with Gasteiger partial charge < -0.3 is 10.1 Å². The number of carbonyl (C=O) groups is 1. The molecule has 156 valence electrons. The molecule has 0 fully saturated rings. The highest BCUT2D eigenvalue weighted by molar-refractivity contribution is 7.92. The first-order valence-corrected chi connectivity index (χ1v) is 11.7. The predicted molar refractivity (Wildman–Crippen MR) is 115 cm³/mol. The van der Waals surface area contributed by atoms with Gasteiger partial charge in [-0.25, -0.2) is 8.42 Å². The molecule has 2 aromatic rings. The van der Waals surface area contributed by atoms with Crippen LogP contribution in [0.15, 0.2) is 48.5 Å². The molecule has 6 nitrogen and oxygen atoms in total. The summed E-state index contributed by atoms with van der Waals surface area (Å²) >= 11 is 6.04. The predicted octanol–water partition coefficient (Wildman–Crippen LogP) is 3.39. The van der Waals surface area contributed by atoms with Gasteiger partial charge in [-0.1, -0.05) is 41.9 Å². The smallest absolute Gasteiger partial charge is 0.261 e.